The lowest BCUT2D eigenvalue weighted by atomic mass is 10.0. The second-order valence-corrected chi connectivity index (χ2v) is 10.7. The maximum absolute atomic E-state index is 13.4. The van der Waals surface area contributed by atoms with E-state index in [4.69, 9.17) is 27.9 Å². The molecular formula is C29H23Cl2F3N4O3. The van der Waals surface area contributed by atoms with Crippen molar-refractivity contribution in [1.29, 1.82) is 0 Å². The fraction of sp³-hybridized carbons (Fsp3) is 0.172. The monoisotopic (exact) mass is 602 g/mol. The zero-order valence-electron chi connectivity index (χ0n) is 21.9. The number of halogens is 5. The molecule has 0 saturated carbocycles. The van der Waals surface area contributed by atoms with Crippen molar-refractivity contribution in [3.63, 3.8) is 0 Å². The molecule has 0 unspecified atom stereocenters. The Morgan fingerprint density at radius 1 is 0.732 bits per heavy atom. The molecule has 0 fully saturated rings. The van der Waals surface area contributed by atoms with Crippen LogP contribution in [0.1, 0.15) is 47.3 Å². The molecule has 2 N–H and O–H groups in total. The number of carbonyl (C=O) groups excluding carboxylic acids is 2. The number of nitrogens with one attached hydrogen (secondary N) is 2. The van der Waals surface area contributed by atoms with Gasteiger partial charge in [-0.05, 0) is 69.3 Å². The van der Waals surface area contributed by atoms with Crippen LogP contribution in [-0.2, 0) is 10.9 Å². The number of hydrogen-bond donors (Lipinski definition) is 2. The van der Waals surface area contributed by atoms with Gasteiger partial charge >= 0.3 is 12.1 Å². The summed E-state index contributed by atoms with van der Waals surface area (Å²) in [6.07, 6.45) is -4.51. The van der Waals surface area contributed by atoms with E-state index in [-0.39, 0.29) is 28.5 Å². The Morgan fingerprint density at radius 2 is 1.20 bits per heavy atom. The molecule has 0 bridgehead atoms. The van der Waals surface area contributed by atoms with Crippen LogP contribution in [0.25, 0.3) is 22.5 Å². The number of amides is 1. The van der Waals surface area contributed by atoms with Crippen LogP contribution in [0.15, 0.2) is 72.8 Å². The molecule has 3 aromatic carbocycles. The predicted molar refractivity (Wildman–Crippen MR) is 151 cm³/mol. The van der Waals surface area contributed by atoms with Crippen LogP contribution in [0.5, 0.6) is 0 Å². The molecule has 0 atom stereocenters. The van der Waals surface area contributed by atoms with Crippen molar-refractivity contribution in [2.75, 3.05) is 5.43 Å². The Labute approximate surface area is 243 Å². The Morgan fingerprint density at radius 3 is 1.63 bits per heavy atom. The minimum atomic E-state index is -4.51. The topological polar surface area (TPSA) is 93.2 Å². The van der Waals surface area contributed by atoms with Crippen molar-refractivity contribution < 1.29 is 27.5 Å². The summed E-state index contributed by atoms with van der Waals surface area (Å²) in [5.74, 6) is -1.78. The molecule has 12 heteroatoms. The number of aromatic nitrogens is 2. The summed E-state index contributed by atoms with van der Waals surface area (Å²) in [5.41, 5.74) is 4.20. The van der Waals surface area contributed by atoms with Gasteiger partial charge in [-0.1, -0.05) is 47.5 Å². The van der Waals surface area contributed by atoms with Gasteiger partial charge < -0.3 is 4.74 Å². The summed E-state index contributed by atoms with van der Waals surface area (Å²) >= 11 is 12.1. The van der Waals surface area contributed by atoms with E-state index in [2.05, 4.69) is 20.8 Å². The van der Waals surface area contributed by atoms with Gasteiger partial charge in [-0.15, -0.1) is 0 Å². The molecule has 1 amide bonds. The number of anilines is 1. The number of carbonyl (C=O) groups is 2. The van der Waals surface area contributed by atoms with E-state index in [0.717, 1.165) is 24.3 Å². The molecular weight excluding hydrogens is 580 g/mol. The highest BCUT2D eigenvalue weighted by Gasteiger charge is 2.31. The molecule has 4 aromatic rings. The normalized spacial score (nSPS) is 11.6. The van der Waals surface area contributed by atoms with Gasteiger partial charge in [0.15, 0.2) is 11.4 Å². The van der Waals surface area contributed by atoms with Crippen molar-refractivity contribution in [2.45, 2.75) is 32.5 Å². The highest BCUT2D eigenvalue weighted by Crippen LogP contribution is 2.33. The predicted octanol–water partition coefficient (Wildman–Crippen LogP) is 7.85. The standard InChI is InChI=1S/C29H23Cl2F3N4O3/c1-28(2,3)41-27(40)25-24(26(39)38-37-21-14-8-18(9-15-21)29(32,33)34)35-22(16-4-10-19(30)11-5-16)23(36-25)17-6-12-20(31)13-7-17/h4-15,37H,1-3H3,(H,38,39). The van der Waals surface area contributed by atoms with E-state index < -0.39 is 29.2 Å². The number of hydrogen-bond acceptors (Lipinski definition) is 6. The van der Waals surface area contributed by atoms with Crippen molar-refractivity contribution in [2.24, 2.45) is 0 Å². The van der Waals surface area contributed by atoms with Crippen LogP contribution in [0.3, 0.4) is 0 Å². The summed E-state index contributed by atoms with van der Waals surface area (Å²) in [5, 5.41) is 0.950. The molecule has 212 valence electrons. The third-order valence-electron chi connectivity index (χ3n) is 5.47. The van der Waals surface area contributed by atoms with Gasteiger partial charge in [-0.2, -0.15) is 13.2 Å². The smallest absolute Gasteiger partial charge is 0.416 e. The van der Waals surface area contributed by atoms with Crippen molar-refractivity contribution in [1.82, 2.24) is 15.4 Å². The number of ether oxygens (including phenoxy) is 1. The number of benzene rings is 3. The molecule has 7 nitrogen and oxygen atoms in total. The molecule has 0 saturated heterocycles. The van der Waals surface area contributed by atoms with Gasteiger partial charge in [0.2, 0.25) is 0 Å². The van der Waals surface area contributed by atoms with Crippen LogP contribution in [0, 0.1) is 0 Å². The quantitative estimate of drug-likeness (QED) is 0.172. The first-order valence-corrected chi connectivity index (χ1v) is 12.9. The highest BCUT2D eigenvalue weighted by molar-refractivity contribution is 6.31. The first-order valence-electron chi connectivity index (χ1n) is 12.1. The molecule has 4 rings (SSSR count). The SMILES string of the molecule is CC(C)(C)OC(=O)c1nc(-c2ccc(Cl)cc2)c(-c2ccc(Cl)cc2)nc1C(=O)NNc1ccc(C(F)(F)F)cc1. The van der Waals surface area contributed by atoms with Gasteiger partial charge in [-0.3, -0.25) is 15.6 Å². The summed E-state index contributed by atoms with van der Waals surface area (Å²) in [4.78, 5) is 35.7. The maximum atomic E-state index is 13.4. The van der Waals surface area contributed by atoms with Crippen LogP contribution in [0.2, 0.25) is 10.0 Å². The van der Waals surface area contributed by atoms with Crippen LogP contribution < -0.4 is 10.9 Å². The first kappa shape index (κ1) is 29.8. The van der Waals surface area contributed by atoms with E-state index in [1.165, 1.54) is 0 Å². The molecule has 0 aliphatic heterocycles. The summed E-state index contributed by atoms with van der Waals surface area (Å²) in [7, 11) is 0. The molecule has 41 heavy (non-hydrogen) atoms. The van der Waals surface area contributed by atoms with Crippen LogP contribution in [-0.4, -0.2) is 27.4 Å². The maximum Gasteiger partial charge on any atom is 0.416 e. The zero-order valence-corrected chi connectivity index (χ0v) is 23.4. The van der Waals surface area contributed by atoms with Crippen molar-refractivity contribution in [3.8, 4) is 22.5 Å². The van der Waals surface area contributed by atoms with E-state index in [0.29, 0.717) is 21.2 Å². The van der Waals surface area contributed by atoms with E-state index >= 15 is 0 Å². The molecule has 0 radical (unpaired) electrons. The zero-order chi connectivity index (χ0) is 29.9. The van der Waals surface area contributed by atoms with E-state index in [9.17, 15) is 22.8 Å². The fourth-order valence-corrected chi connectivity index (χ4v) is 3.86. The average Bonchev–Trinajstić information content (AvgIpc) is 2.91. The van der Waals surface area contributed by atoms with E-state index in [1.807, 2.05) is 0 Å². The fourth-order valence-electron chi connectivity index (χ4n) is 3.61. The second-order valence-electron chi connectivity index (χ2n) is 9.79. The minimum absolute atomic E-state index is 0.161. The molecule has 0 spiro atoms. The van der Waals surface area contributed by atoms with Crippen molar-refractivity contribution >= 4 is 40.8 Å². The van der Waals surface area contributed by atoms with Crippen LogP contribution >= 0.6 is 23.2 Å². The Kier molecular flexibility index (Phi) is 8.55. The highest BCUT2D eigenvalue weighted by atomic mass is 35.5. The Bertz CT molecular complexity index is 1570. The number of nitrogens with zero attached hydrogens (tertiary/aromatic N) is 2. The first-order chi connectivity index (χ1) is 19.2. The molecule has 0 aliphatic carbocycles. The molecule has 0 aliphatic rings. The number of rotatable bonds is 6. The minimum Gasteiger partial charge on any atom is -0.455 e. The lowest BCUT2D eigenvalue weighted by Crippen LogP contribution is -2.33. The summed E-state index contributed by atoms with van der Waals surface area (Å²) in [6, 6.07) is 17.3. The number of alkyl halides is 3. The van der Waals surface area contributed by atoms with Crippen LogP contribution in [0.4, 0.5) is 18.9 Å². The summed E-state index contributed by atoms with van der Waals surface area (Å²) < 4.78 is 44.2. The van der Waals surface area contributed by atoms with Gasteiger partial charge in [0.05, 0.1) is 22.6 Å². The molecule has 1 aromatic heterocycles. The lowest BCUT2D eigenvalue weighted by Gasteiger charge is -2.21. The van der Waals surface area contributed by atoms with Crippen molar-refractivity contribution in [3.05, 3.63) is 99.8 Å². The third-order valence-corrected chi connectivity index (χ3v) is 5.97. The van der Waals surface area contributed by atoms with E-state index in [1.54, 1.807) is 69.3 Å². The average molecular weight is 603 g/mol. The summed E-state index contributed by atoms with van der Waals surface area (Å²) in [6.45, 7) is 4.98. The second kappa shape index (κ2) is 11.8. The largest absolute Gasteiger partial charge is 0.455 e. The lowest BCUT2D eigenvalue weighted by molar-refractivity contribution is -0.137. The Hall–Kier alpha value is -4.15. The Balaban J connectivity index is 1.80. The van der Waals surface area contributed by atoms with Gasteiger partial charge in [-0.25, -0.2) is 14.8 Å². The molecule has 1 heterocycles. The van der Waals surface area contributed by atoms with Gasteiger partial charge in [0, 0.05) is 21.2 Å². The number of esters is 1. The third kappa shape index (κ3) is 7.53. The number of hydrazine groups is 1. The van der Waals surface area contributed by atoms with Gasteiger partial charge in [0.1, 0.15) is 5.60 Å². The van der Waals surface area contributed by atoms with Gasteiger partial charge in [0.25, 0.3) is 5.91 Å².